The molecule has 2 heterocycles. The number of hydrogen-bond acceptors (Lipinski definition) is 2. The molecule has 2 unspecified atom stereocenters. The summed E-state index contributed by atoms with van der Waals surface area (Å²) in [6.45, 7) is 3.55. The quantitative estimate of drug-likeness (QED) is 0.726. The second-order valence-electron chi connectivity index (χ2n) is 8.67. The average Bonchev–Trinajstić information content (AvgIpc) is 2.39. The molecule has 0 radical (unpaired) electrons. The van der Waals surface area contributed by atoms with Crippen LogP contribution in [0.3, 0.4) is 0 Å². The molecule has 118 valence electrons. The van der Waals surface area contributed by atoms with Crippen LogP contribution in [0.5, 0.6) is 0 Å². The largest absolute Gasteiger partial charge is 0.299 e. The van der Waals surface area contributed by atoms with Gasteiger partial charge in [-0.2, -0.15) is 0 Å². The molecule has 5 aliphatic rings. The summed E-state index contributed by atoms with van der Waals surface area (Å²) in [5.41, 5.74) is 0. The molecule has 3 saturated carbocycles. The summed E-state index contributed by atoms with van der Waals surface area (Å²) in [5.74, 6) is 3.89. The Labute approximate surface area is 129 Å². The molecule has 4 bridgehead atoms. The number of nitrogens with zero attached hydrogens (tertiary/aromatic N) is 1. The lowest BCUT2D eigenvalue weighted by molar-refractivity contribution is -0.131. The van der Waals surface area contributed by atoms with E-state index >= 15 is 0 Å². The molecule has 5 fully saturated rings. The predicted octanol–water partition coefficient (Wildman–Crippen LogP) is 4.03. The predicted molar refractivity (Wildman–Crippen MR) is 85.1 cm³/mol. The van der Waals surface area contributed by atoms with Gasteiger partial charge in [-0.05, 0) is 62.7 Å². The summed E-state index contributed by atoms with van der Waals surface area (Å²) >= 11 is 0. The lowest BCUT2D eigenvalue weighted by atomic mass is 9.66. The van der Waals surface area contributed by atoms with E-state index in [9.17, 15) is 4.79 Å². The van der Waals surface area contributed by atoms with Crippen LogP contribution in [-0.4, -0.2) is 29.3 Å². The van der Waals surface area contributed by atoms with Gasteiger partial charge in [-0.1, -0.05) is 19.8 Å². The van der Waals surface area contributed by atoms with Gasteiger partial charge in [-0.3, -0.25) is 9.69 Å². The number of carbonyl (C=O) groups is 1. The fourth-order valence-corrected chi connectivity index (χ4v) is 6.18. The molecule has 5 rings (SSSR count). The topological polar surface area (TPSA) is 20.3 Å². The smallest absolute Gasteiger partial charge is 0.138 e. The van der Waals surface area contributed by atoms with Crippen LogP contribution >= 0.6 is 0 Å². The Morgan fingerprint density at radius 2 is 1.62 bits per heavy atom. The van der Waals surface area contributed by atoms with E-state index in [1.807, 2.05) is 0 Å². The molecular weight excluding hydrogens is 258 g/mol. The lowest BCUT2D eigenvalue weighted by Gasteiger charge is -2.50. The molecule has 3 aliphatic carbocycles. The Kier molecular flexibility index (Phi) is 3.85. The van der Waals surface area contributed by atoms with E-state index in [0.717, 1.165) is 36.8 Å². The monoisotopic (exact) mass is 289 g/mol. The molecule has 0 N–H and O–H groups in total. The van der Waals surface area contributed by atoms with E-state index in [2.05, 4.69) is 11.8 Å². The van der Waals surface area contributed by atoms with Gasteiger partial charge in [0.15, 0.2) is 0 Å². The third-order valence-corrected chi connectivity index (χ3v) is 6.95. The Morgan fingerprint density at radius 1 is 0.905 bits per heavy atom. The third kappa shape index (κ3) is 2.81. The van der Waals surface area contributed by atoms with Crippen molar-refractivity contribution < 1.29 is 4.79 Å². The number of ketones is 1. The Balaban J connectivity index is 1.49. The minimum absolute atomic E-state index is 0.377. The van der Waals surface area contributed by atoms with E-state index in [4.69, 9.17) is 0 Å². The van der Waals surface area contributed by atoms with E-state index in [0.29, 0.717) is 17.7 Å². The van der Waals surface area contributed by atoms with Gasteiger partial charge in [0.05, 0.1) is 0 Å². The molecule has 2 nitrogen and oxygen atoms in total. The van der Waals surface area contributed by atoms with Gasteiger partial charge < -0.3 is 0 Å². The van der Waals surface area contributed by atoms with E-state index in [1.54, 1.807) is 0 Å². The summed E-state index contributed by atoms with van der Waals surface area (Å²) in [6, 6.07) is 1.40. The molecule has 0 aromatic carbocycles. The second-order valence-corrected chi connectivity index (χ2v) is 8.67. The van der Waals surface area contributed by atoms with Crippen molar-refractivity contribution in [1.29, 1.82) is 0 Å². The van der Waals surface area contributed by atoms with Crippen LogP contribution in [0, 0.1) is 23.7 Å². The first kappa shape index (κ1) is 14.2. The van der Waals surface area contributed by atoms with Crippen LogP contribution in [0.2, 0.25) is 0 Å². The Bertz CT molecular complexity index is 388. The van der Waals surface area contributed by atoms with Crippen LogP contribution in [0.4, 0.5) is 0 Å². The first-order valence-corrected chi connectivity index (χ1v) is 9.47. The van der Waals surface area contributed by atoms with Gasteiger partial charge >= 0.3 is 0 Å². The fourth-order valence-electron chi connectivity index (χ4n) is 6.18. The van der Waals surface area contributed by atoms with E-state index < -0.39 is 0 Å². The van der Waals surface area contributed by atoms with Crippen molar-refractivity contribution in [1.82, 2.24) is 4.90 Å². The van der Waals surface area contributed by atoms with Crippen molar-refractivity contribution in [3.05, 3.63) is 0 Å². The van der Waals surface area contributed by atoms with Crippen molar-refractivity contribution in [2.24, 2.45) is 23.7 Å². The molecule has 21 heavy (non-hydrogen) atoms. The number of rotatable bonds is 1. The normalized spacial score (nSPS) is 48.0. The van der Waals surface area contributed by atoms with Gasteiger partial charge in [0.2, 0.25) is 0 Å². The SMILES string of the molecule is C[C@@H]1C[C@@H]2C[C@H](C1)C[C@@H](N1CC3CCCCC1CC3=O)C2. The van der Waals surface area contributed by atoms with Gasteiger partial charge in [0, 0.05) is 31.0 Å². The molecular formula is C19H31NO. The highest BCUT2D eigenvalue weighted by atomic mass is 16.1. The average molecular weight is 289 g/mol. The number of Topliss-reactive ketones (excluding diaryl/α,β-unsaturated/α-hetero) is 1. The summed E-state index contributed by atoms with van der Waals surface area (Å²) in [6.07, 6.45) is 13.2. The fraction of sp³-hybridized carbons (Fsp3) is 0.947. The maximum Gasteiger partial charge on any atom is 0.138 e. The van der Waals surface area contributed by atoms with Crippen LogP contribution in [0.15, 0.2) is 0 Å². The molecule has 2 heteroatoms. The van der Waals surface area contributed by atoms with Crippen LogP contribution in [-0.2, 0) is 4.79 Å². The Morgan fingerprint density at radius 3 is 2.38 bits per heavy atom. The molecule has 6 atom stereocenters. The first-order valence-electron chi connectivity index (χ1n) is 9.47. The zero-order valence-electron chi connectivity index (χ0n) is 13.6. The van der Waals surface area contributed by atoms with Gasteiger partial charge in [0.1, 0.15) is 5.78 Å². The second kappa shape index (κ2) is 5.68. The number of carbonyl (C=O) groups excluding carboxylic acids is 1. The zero-order valence-corrected chi connectivity index (χ0v) is 13.6. The number of fused-ring (bicyclic) bond motifs is 7. The van der Waals surface area contributed by atoms with Crippen molar-refractivity contribution in [3.63, 3.8) is 0 Å². The molecule has 2 saturated heterocycles. The molecule has 0 aromatic heterocycles. The minimum atomic E-state index is 0.377. The van der Waals surface area contributed by atoms with Gasteiger partial charge in [0.25, 0.3) is 0 Å². The molecule has 0 spiro atoms. The number of piperidine rings is 1. The van der Waals surface area contributed by atoms with Crippen LogP contribution in [0.25, 0.3) is 0 Å². The highest BCUT2D eigenvalue weighted by molar-refractivity contribution is 5.82. The van der Waals surface area contributed by atoms with Crippen molar-refractivity contribution in [3.8, 4) is 0 Å². The van der Waals surface area contributed by atoms with E-state index in [1.165, 1.54) is 57.8 Å². The zero-order chi connectivity index (χ0) is 14.4. The van der Waals surface area contributed by atoms with E-state index in [-0.39, 0.29) is 0 Å². The summed E-state index contributed by atoms with van der Waals surface area (Å²) < 4.78 is 0. The maximum atomic E-state index is 12.3. The van der Waals surface area contributed by atoms with Gasteiger partial charge in [-0.15, -0.1) is 0 Å². The third-order valence-electron chi connectivity index (χ3n) is 6.95. The molecule has 0 amide bonds. The molecule has 0 aromatic rings. The van der Waals surface area contributed by atoms with Crippen molar-refractivity contribution in [2.75, 3.05) is 6.54 Å². The van der Waals surface area contributed by atoms with Crippen LogP contribution in [0.1, 0.15) is 71.1 Å². The minimum Gasteiger partial charge on any atom is -0.299 e. The first-order chi connectivity index (χ1) is 10.2. The standard InChI is InChI=1S/C19H31NO/c1-13-6-14-8-15(7-13)10-18(9-14)20-12-16-4-2-3-5-17(20)11-19(16)21/h13-18H,2-12H2,1H3/t13-,14-,15+,16?,17?,18+. The lowest BCUT2D eigenvalue weighted by Crippen LogP contribution is -2.55. The summed E-state index contributed by atoms with van der Waals surface area (Å²) in [5, 5.41) is 0. The highest BCUT2D eigenvalue weighted by Gasteiger charge is 2.42. The Hall–Kier alpha value is -0.370. The summed E-state index contributed by atoms with van der Waals surface area (Å²) in [7, 11) is 0. The van der Waals surface area contributed by atoms with Crippen LogP contribution < -0.4 is 0 Å². The maximum absolute atomic E-state index is 12.3. The highest BCUT2D eigenvalue weighted by Crippen LogP contribution is 2.45. The molecule has 2 aliphatic heterocycles. The van der Waals surface area contributed by atoms with Crippen molar-refractivity contribution in [2.45, 2.75) is 83.2 Å². The summed E-state index contributed by atoms with van der Waals surface area (Å²) in [4.78, 5) is 15.1. The van der Waals surface area contributed by atoms with Gasteiger partial charge in [-0.25, -0.2) is 0 Å². The van der Waals surface area contributed by atoms with Crippen molar-refractivity contribution >= 4 is 5.78 Å². The number of hydrogen-bond donors (Lipinski definition) is 0.